The van der Waals surface area contributed by atoms with E-state index in [1.54, 1.807) is 12.4 Å². The maximum Gasteiger partial charge on any atom is 0.160 e. The van der Waals surface area contributed by atoms with Gasteiger partial charge in [0.1, 0.15) is 5.82 Å². The molecule has 0 aliphatic heterocycles. The van der Waals surface area contributed by atoms with E-state index in [2.05, 4.69) is 27.3 Å². The van der Waals surface area contributed by atoms with Gasteiger partial charge >= 0.3 is 0 Å². The summed E-state index contributed by atoms with van der Waals surface area (Å²) in [4.78, 5) is 10.8. The largest absolute Gasteiger partial charge is 0.358 e. The number of hydrogen-bond donors (Lipinski definition) is 2. The smallest absolute Gasteiger partial charge is 0.160 e. The number of hydrazine groups is 1. The van der Waals surface area contributed by atoms with Crippen molar-refractivity contribution in [1.82, 2.24) is 9.97 Å². The summed E-state index contributed by atoms with van der Waals surface area (Å²) < 4.78 is 0. The SMILES string of the molecule is CN(CC1CC2CCC1C2)c1cncc(NN)n1. The van der Waals surface area contributed by atoms with Gasteiger partial charge in [-0.1, -0.05) is 6.42 Å². The lowest BCUT2D eigenvalue weighted by Crippen LogP contribution is -2.29. The Balaban J connectivity index is 1.65. The molecule has 1 aromatic heterocycles. The molecule has 0 spiro atoms. The van der Waals surface area contributed by atoms with Crippen LogP contribution in [0.1, 0.15) is 25.7 Å². The van der Waals surface area contributed by atoms with Crippen LogP contribution in [0.2, 0.25) is 0 Å². The summed E-state index contributed by atoms with van der Waals surface area (Å²) in [6.45, 7) is 1.09. The van der Waals surface area contributed by atoms with Crippen LogP contribution in [0.25, 0.3) is 0 Å². The first kappa shape index (κ1) is 11.7. The molecule has 3 atom stereocenters. The van der Waals surface area contributed by atoms with Crippen molar-refractivity contribution in [3.05, 3.63) is 12.4 Å². The van der Waals surface area contributed by atoms with Gasteiger partial charge in [-0.2, -0.15) is 0 Å². The number of nitrogens with one attached hydrogen (secondary N) is 1. The van der Waals surface area contributed by atoms with Gasteiger partial charge in [-0.25, -0.2) is 10.8 Å². The Labute approximate surface area is 108 Å². The van der Waals surface area contributed by atoms with Crippen molar-refractivity contribution in [2.45, 2.75) is 25.7 Å². The minimum atomic E-state index is 0.618. The average molecular weight is 247 g/mol. The molecule has 2 saturated carbocycles. The van der Waals surface area contributed by atoms with Gasteiger partial charge in [-0.15, -0.1) is 0 Å². The molecule has 0 amide bonds. The zero-order valence-corrected chi connectivity index (χ0v) is 10.8. The molecule has 0 saturated heterocycles. The van der Waals surface area contributed by atoms with E-state index in [4.69, 9.17) is 5.84 Å². The molecule has 3 rings (SSSR count). The zero-order valence-electron chi connectivity index (χ0n) is 10.8. The molecule has 3 unspecified atom stereocenters. The van der Waals surface area contributed by atoms with E-state index in [1.165, 1.54) is 25.7 Å². The van der Waals surface area contributed by atoms with Crippen molar-refractivity contribution >= 4 is 11.6 Å². The van der Waals surface area contributed by atoms with E-state index in [0.717, 1.165) is 30.1 Å². The molecule has 5 nitrogen and oxygen atoms in total. The van der Waals surface area contributed by atoms with Gasteiger partial charge in [-0.3, -0.25) is 4.98 Å². The van der Waals surface area contributed by atoms with Crippen molar-refractivity contribution < 1.29 is 0 Å². The molecule has 5 heteroatoms. The van der Waals surface area contributed by atoms with Gasteiger partial charge in [0.2, 0.25) is 0 Å². The lowest BCUT2D eigenvalue weighted by atomic mass is 9.88. The number of nitrogens with zero attached hydrogens (tertiary/aromatic N) is 3. The van der Waals surface area contributed by atoms with Crippen molar-refractivity contribution in [2.75, 3.05) is 23.9 Å². The molecule has 98 valence electrons. The molecule has 2 fully saturated rings. The molecule has 2 bridgehead atoms. The average Bonchev–Trinajstić information content (AvgIpc) is 3.01. The topological polar surface area (TPSA) is 67.1 Å². The number of nitrogens with two attached hydrogens (primary N) is 1. The zero-order chi connectivity index (χ0) is 12.5. The summed E-state index contributed by atoms with van der Waals surface area (Å²) in [5.41, 5.74) is 2.54. The fourth-order valence-corrected chi connectivity index (χ4v) is 3.65. The van der Waals surface area contributed by atoms with E-state index in [1.807, 2.05) is 0 Å². The van der Waals surface area contributed by atoms with Crippen LogP contribution in [-0.2, 0) is 0 Å². The number of rotatable bonds is 4. The van der Waals surface area contributed by atoms with Crippen LogP contribution in [-0.4, -0.2) is 23.6 Å². The number of fused-ring (bicyclic) bond motifs is 2. The van der Waals surface area contributed by atoms with Crippen LogP contribution >= 0.6 is 0 Å². The molecule has 18 heavy (non-hydrogen) atoms. The highest BCUT2D eigenvalue weighted by atomic mass is 15.3. The first-order valence-electron chi connectivity index (χ1n) is 6.76. The predicted octanol–water partition coefficient (Wildman–Crippen LogP) is 1.63. The quantitative estimate of drug-likeness (QED) is 0.625. The maximum absolute atomic E-state index is 5.36. The second-order valence-electron chi connectivity index (χ2n) is 5.72. The van der Waals surface area contributed by atoms with Crippen molar-refractivity contribution in [3.63, 3.8) is 0 Å². The summed E-state index contributed by atoms with van der Waals surface area (Å²) in [7, 11) is 2.09. The predicted molar refractivity (Wildman–Crippen MR) is 72.1 cm³/mol. The summed E-state index contributed by atoms with van der Waals surface area (Å²) in [6, 6.07) is 0. The third kappa shape index (κ3) is 2.14. The minimum Gasteiger partial charge on any atom is -0.358 e. The third-order valence-electron chi connectivity index (χ3n) is 4.55. The Kier molecular flexibility index (Phi) is 3.07. The van der Waals surface area contributed by atoms with Crippen LogP contribution in [0.5, 0.6) is 0 Å². The van der Waals surface area contributed by atoms with Gasteiger partial charge in [0.25, 0.3) is 0 Å². The van der Waals surface area contributed by atoms with E-state index in [-0.39, 0.29) is 0 Å². The first-order valence-corrected chi connectivity index (χ1v) is 6.76. The van der Waals surface area contributed by atoms with Gasteiger partial charge in [0, 0.05) is 13.6 Å². The maximum atomic E-state index is 5.36. The Bertz CT molecular complexity index is 422. The highest BCUT2D eigenvalue weighted by Gasteiger charge is 2.39. The highest BCUT2D eigenvalue weighted by Crippen LogP contribution is 2.48. The van der Waals surface area contributed by atoms with Crippen LogP contribution < -0.4 is 16.2 Å². The summed E-state index contributed by atoms with van der Waals surface area (Å²) in [6.07, 6.45) is 9.17. The lowest BCUT2D eigenvalue weighted by Gasteiger charge is -2.27. The Morgan fingerprint density at radius 3 is 2.94 bits per heavy atom. The van der Waals surface area contributed by atoms with Gasteiger partial charge in [0.15, 0.2) is 5.82 Å². The van der Waals surface area contributed by atoms with E-state index in [9.17, 15) is 0 Å². The van der Waals surface area contributed by atoms with E-state index in [0.29, 0.717) is 5.82 Å². The third-order valence-corrected chi connectivity index (χ3v) is 4.55. The van der Waals surface area contributed by atoms with Crippen molar-refractivity contribution in [3.8, 4) is 0 Å². The van der Waals surface area contributed by atoms with Crippen LogP contribution in [0.3, 0.4) is 0 Å². The van der Waals surface area contributed by atoms with Crippen molar-refractivity contribution in [2.24, 2.45) is 23.6 Å². The number of aromatic nitrogens is 2. The van der Waals surface area contributed by atoms with Gasteiger partial charge < -0.3 is 10.3 Å². The van der Waals surface area contributed by atoms with Gasteiger partial charge in [-0.05, 0) is 37.0 Å². The molecule has 1 heterocycles. The normalized spacial score (nSPS) is 29.6. The Morgan fingerprint density at radius 1 is 1.39 bits per heavy atom. The molecule has 0 aromatic carbocycles. The second kappa shape index (κ2) is 4.72. The fourth-order valence-electron chi connectivity index (χ4n) is 3.65. The number of anilines is 2. The summed E-state index contributed by atoms with van der Waals surface area (Å²) in [5, 5.41) is 0. The van der Waals surface area contributed by atoms with Crippen LogP contribution in [0.15, 0.2) is 12.4 Å². The second-order valence-corrected chi connectivity index (χ2v) is 5.72. The fraction of sp³-hybridized carbons (Fsp3) is 0.692. The summed E-state index contributed by atoms with van der Waals surface area (Å²) in [5.74, 6) is 9.66. The monoisotopic (exact) mass is 247 g/mol. The lowest BCUT2D eigenvalue weighted by molar-refractivity contribution is 0.337. The van der Waals surface area contributed by atoms with Crippen LogP contribution in [0.4, 0.5) is 11.6 Å². The number of nitrogen functional groups attached to an aromatic ring is 1. The molecule has 3 N–H and O–H groups in total. The Morgan fingerprint density at radius 2 is 2.28 bits per heavy atom. The van der Waals surface area contributed by atoms with E-state index < -0.39 is 0 Å². The highest BCUT2D eigenvalue weighted by molar-refractivity contribution is 5.42. The molecular weight excluding hydrogens is 226 g/mol. The van der Waals surface area contributed by atoms with Crippen LogP contribution in [0, 0.1) is 17.8 Å². The first-order chi connectivity index (χ1) is 8.76. The molecular formula is C13H21N5. The molecule has 0 radical (unpaired) electrons. The summed E-state index contributed by atoms with van der Waals surface area (Å²) >= 11 is 0. The Hall–Kier alpha value is -1.36. The molecule has 2 aliphatic rings. The minimum absolute atomic E-state index is 0.618. The molecule has 2 aliphatic carbocycles. The van der Waals surface area contributed by atoms with E-state index >= 15 is 0 Å². The van der Waals surface area contributed by atoms with Gasteiger partial charge in [0.05, 0.1) is 12.4 Å². The van der Waals surface area contributed by atoms with Crippen molar-refractivity contribution in [1.29, 1.82) is 0 Å². The standard InChI is InChI=1S/C13H21N5/c1-18(13-7-15-6-12(16-13)17-14)8-11-5-9-2-3-10(11)4-9/h6-7,9-11H,2-5,8,14H2,1H3,(H,16,17). The number of hydrogen-bond acceptors (Lipinski definition) is 5. The molecule has 1 aromatic rings.